The fourth-order valence-electron chi connectivity index (χ4n) is 3.91. The van der Waals surface area contributed by atoms with Crippen molar-refractivity contribution in [2.75, 3.05) is 13.2 Å². The summed E-state index contributed by atoms with van der Waals surface area (Å²) >= 11 is 0. The second-order valence-electron chi connectivity index (χ2n) is 9.01. The molecule has 1 fully saturated rings. The van der Waals surface area contributed by atoms with Crippen LogP contribution in [0.25, 0.3) is 0 Å². The number of phosphoric acid groups is 1. The van der Waals surface area contributed by atoms with E-state index in [0.717, 1.165) is 0 Å². The maximum absolute atomic E-state index is 13.5. The number of aliphatic hydroxyl groups excluding tert-OH is 4. The molecule has 0 aliphatic carbocycles. The zero-order valence-electron chi connectivity index (χ0n) is 20.8. The highest BCUT2D eigenvalue weighted by atomic mass is 31.2. The van der Waals surface area contributed by atoms with Crippen LogP contribution < -0.4 is 5.32 Å². The van der Waals surface area contributed by atoms with E-state index < -0.39 is 69.6 Å². The predicted octanol–water partition coefficient (Wildman–Crippen LogP) is 0.602. The van der Waals surface area contributed by atoms with Gasteiger partial charge >= 0.3 is 7.82 Å². The van der Waals surface area contributed by atoms with Gasteiger partial charge in [0.25, 0.3) is 0 Å². The van der Waals surface area contributed by atoms with Crippen molar-refractivity contribution in [3.8, 4) is 0 Å². The Morgan fingerprint density at radius 2 is 1.58 bits per heavy atom. The smallest absolute Gasteiger partial charge is 0.394 e. The summed E-state index contributed by atoms with van der Waals surface area (Å²) in [4.78, 5) is 11.6. The van der Waals surface area contributed by atoms with Crippen molar-refractivity contribution in [1.82, 2.24) is 5.32 Å². The van der Waals surface area contributed by atoms with Crippen LogP contribution >= 0.6 is 7.82 Å². The van der Waals surface area contributed by atoms with Gasteiger partial charge in [0, 0.05) is 13.3 Å². The predicted molar refractivity (Wildman–Crippen MR) is 133 cm³/mol. The Kier molecular flexibility index (Phi) is 10.9. The fourth-order valence-corrected chi connectivity index (χ4v) is 5.11. The number of hydrogen-bond acceptors (Lipinski definition) is 11. The van der Waals surface area contributed by atoms with Gasteiger partial charge in [-0.15, -0.1) is 0 Å². The number of hydrogen-bond donors (Lipinski definition) is 6. The Morgan fingerprint density at radius 3 is 2.05 bits per heavy atom. The molecule has 3 rings (SSSR count). The topological polar surface area (TPSA) is 184 Å². The van der Waals surface area contributed by atoms with Crippen LogP contribution in [0.1, 0.15) is 24.5 Å². The lowest BCUT2D eigenvalue weighted by molar-refractivity contribution is -0.310. The summed E-state index contributed by atoms with van der Waals surface area (Å²) in [6, 6.07) is 16.4. The van der Waals surface area contributed by atoms with E-state index in [9.17, 15) is 34.9 Å². The average molecular weight is 556 g/mol. The van der Waals surface area contributed by atoms with Crippen LogP contribution in [0.4, 0.5) is 0 Å². The van der Waals surface area contributed by atoms with Gasteiger partial charge in [-0.1, -0.05) is 60.7 Å². The molecule has 0 unspecified atom stereocenters. The number of phosphoric ester groups is 1. The van der Waals surface area contributed by atoms with Gasteiger partial charge in [-0.3, -0.25) is 18.4 Å². The van der Waals surface area contributed by atoms with Crippen LogP contribution in [-0.4, -0.2) is 80.9 Å². The van der Waals surface area contributed by atoms with E-state index in [0.29, 0.717) is 11.1 Å². The number of ether oxygens (including phenoxy) is 1. The second kappa shape index (κ2) is 13.7. The maximum Gasteiger partial charge on any atom is 0.475 e. The number of benzene rings is 2. The van der Waals surface area contributed by atoms with Crippen LogP contribution in [0.5, 0.6) is 0 Å². The molecule has 1 amide bonds. The Morgan fingerprint density at radius 1 is 1.05 bits per heavy atom. The average Bonchev–Trinajstić information content (AvgIpc) is 2.91. The molecule has 0 bridgehead atoms. The molecule has 6 N–H and O–H groups in total. The molecule has 0 spiro atoms. The minimum atomic E-state index is -4.33. The molecule has 6 atom stereocenters. The van der Waals surface area contributed by atoms with Gasteiger partial charge in [-0.2, -0.15) is 0 Å². The summed E-state index contributed by atoms with van der Waals surface area (Å²) in [5.74, 6) is -2.90. The molecule has 12 nitrogen and oxygen atoms in total. The van der Waals surface area contributed by atoms with Crippen LogP contribution in [0.15, 0.2) is 60.7 Å². The van der Waals surface area contributed by atoms with Crippen LogP contribution in [0, 0.1) is 0 Å². The fraction of sp³-hybridized carbons (Fsp3) is 0.480. The third kappa shape index (κ3) is 8.65. The highest BCUT2D eigenvalue weighted by Crippen LogP contribution is 2.52. The van der Waals surface area contributed by atoms with E-state index in [4.69, 9.17) is 18.3 Å². The molecule has 1 aliphatic rings. The quantitative estimate of drug-likeness (QED) is 0.190. The zero-order valence-corrected chi connectivity index (χ0v) is 21.7. The number of amides is 1. The number of carbonyl (C=O) groups excluding carboxylic acids is 1. The lowest BCUT2D eigenvalue weighted by atomic mass is 9.89. The summed E-state index contributed by atoms with van der Waals surface area (Å²) in [6.45, 7) is -0.773. The zero-order chi connectivity index (χ0) is 27.8. The first kappa shape index (κ1) is 30.3. The summed E-state index contributed by atoms with van der Waals surface area (Å²) in [7, 11) is -4.33. The molecular weight excluding hydrogens is 521 g/mol. The first-order valence-corrected chi connectivity index (χ1v) is 13.4. The normalized spacial score (nSPS) is 25.5. The highest BCUT2D eigenvalue weighted by molar-refractivity contribution is 7.48. The second-order valence-corrected chi connectivity index (χ2v) is 10.7. The molecule has 1 heterocycles. The summed E-state index contributed by atoms with van der Waals surface area (Å²) < 4.78 is 35.5. The molecule has 38 heavy (non-hydrogen) atoms. The van der Waals surface area contributed by atoms with Gasteiger partial charge in [0.15, 0.2) is 5.79 Å². The summed E-state index contributed by atoms with van der Waals surface area (Å²) in [5, 5.41) is 53.8. The first-order valence-electron chi connectivity index (χ1n) is 12.0. The maximum atomic E-state index is 13.5. The van der Waals surface area contributed by atoms with Gasteiger partial charge < -0.3 is 35.6 Å². The molecule has 0 radical (unpaired) electrons. The third-order valence-electron chi connectivity index (χ3n) is 5.85. The molecule has 0 saturated carbocycles. The Labute approximate surface area is 220 Å². The summed E-state index contributed by atoms with van der Waals surface area (Å²) in [6.07, 6.45) is -7.07. The molecule has 1 saturated heterocycles. The van der Waals surface area contributed by atoms with E-state index in [1.165, 1.54) is 6.92 Å². The van der Waals surface area contributed by atoms with Crippen molar-refractivity contribution >= 4 is 13.7 Å². The number of nitrogens with one attached hydrogen (secondary N) is 1. The lowest BCUT2D eigenvalue weighted by Gasteiger charge is -2.46. The highest BCUT2D eigenvalue weighted by Gasteiger charge is 2.51. The Hall–Kier alpha value is -2.22. The van der Waals surface area contributed by atoms with Gasteiger partial charge in [0.05, 0.1) is 32.0 Å². The molecule has 2 aromatic carbocycles. The van der Waals surface area contributed by atoms with Gasteiger partial charge in [0.2, 0.25) is 5.91 Å². The van der Waals surface area contributed by atoms with Crippen molar-refractivity contribution in [2.45, 2.75) is 62.8 Å². The van der Waals surface area contributed by atoms with Crippen molar-refractivity contribution in [3.63, 3.8) is 0 Å². The number of aliphatic hydroxyl groups is 5. The van der Waals surface area contributed by atoms with E-state index in [1.807, 2.05) is 0 Å². The summed E-state index contributed by atoms with van der Waals surface area (Å²) in [5.41, 5.74) is 1.36. The van der Waals surface area contributed by atoms with Gasteiger partial charge in [0.1, 0.15) is 24.9 Å². The molecule has 13 heteroatoms. The van der Waals surface area contributed by atoms with Crippen molar-refractivity contribution in [3.05, 3.63) is 71.8 Å². The van der Waals surface area contributed by atoms with Crippen LogP contribution in [0.3, 0.4) is 0 Å². The Balaban J connectivity index is 1.76. The Bertz CT molecular complexity index is 1010. The SMILES string of the molecule is CC(=O)N[C@H]1[C@H]([C@H](O)[C@H](O)CO)O[C@](O)(COP(=O)(OCc2ccccc2)OCc2ccccc2)C[C@@H]1O. The third-order valence-corrected chi connectivity index (χ3v) is 7.19. The van der Waals surface area contributed by atoms with Gasteiger partial charge in [-0.05, 0) is 11.1 Å². The van der Waals surface area contributed by atoms with Crippen molar-refractivity contribution in [1.29, 1.82) is 0 Å². The lowest BCUT2D eigenvalue weighted by Crippen LogP contribution is -2.66. The molecule has 210 valence electrons. The minimum absolute atomic E-state index is 0.135. The monoisotopic (exact) mass is 555 g/mol. The van der Waals surface area contributed by atoms with Crippen molar-refractivity contribution < 1.29 is 53.2 Å². The largest absolute Gasteiger partial charge is 0.475 e. The van der Waals surface area contributed by atoms with Crippen LogP contribution in [0.2, 0.25) is 0 Å². The molecular formula is C25H34NO11P. The van der Waals surface area contributed by atoms with E-state index >= 15 is 0 Å². The standard InChI is InChI=1S/C25H34NO11P/c1-17(28)26-22-20(29)12-25(32,37-24(22)23(31)21(30)13-27)16-36-38(33,34-14-18-8-4-2-5-9-18)35-15-19-10-6-3-7-11-19/h2-11,20-24,27,29-32H,12-16H2,1H3,(H,26,28)/t20-,21+,22+,23+,24+,25-/m0/s1. The molecule has 2 aromatic rings. The van der Waals surface area contributed by atoms with E-state index in [1.54, 1.807) is 60.7 Å². The molecule has 1 aliphatic heterocycles. The minimum Gasteiger partial charge on any atom is -0.394 e. The van der Waals surface area contributed by atoms with Gasteiger partial charge in [-0.25, -0.2) is 4.57 Å². The first-order chi connectivity index (χ1) is 18.0. The number of rotatable bonds is 13. The van der Waals surface area contributed by atoms with E-state index in [2.05, 4.69) is 5.32 Å². The number of carbonyl (C=O) groups is 1. The van der Waals surface area contributed by atoms with E-state index in [-0.39, 0.29) is 13.2 Å². The van der Waals surface area contributed by atoms with Crippen molar-refractivity contribution in [2.24, 2.45) is 0 Å². The molecule has 0 aromatic heterocycles. The van der Waals surface area contributed by atoms with Crippen LogP contribution in [-0.2, 0) is 40.9 Å².